The van der Waals surface area contributed by atoms with Crippen LogP contribution < -0.4 is 10.2 Å². The highest BCUT2D eigenvalue weighted by Gasteiger charge is 2.41. The molecule has 2 atom stereocenters. The van der Waals surface area contributed by atoms with Crippen molar-refractivity contribution in [1.82, 2.24) is 5.32 Å². The third kappa shape index (κ3) is 2.45. The lowest BCUT2D eigenvalue weighted by Gasteiger charge is -2.16. The number of imide groups is 1. The van der Waals surface area contributed by atoms with E-state index in [1.165, 1.54) is 4.90 Å². The summed E-state index contributed by atoms with van der Waals surface area (Å²) < 4.78 is 0. The molecule has 1 aliphatic heterocycles. The van der Waals surface area contributed by atoms with E-state index < -0.39 is 6.04 Å². The number of anilines is 1. The first-order valence-electron chi connectivity index (χ1n) is 6.36. The fourth-order valence-corrected chi connectivity index (χ4v) is 2.26. The summed E-state index contributed by atoms with van der Waals surface area (Å²) in [7, 11) is 0. The highest BCUT2D eigenvalue weighted by Crippen LogP contribution is 2.27. The molecule has 0 radical (unpaired) electrons. The van der Waals surface area contributed by atoms with Crippen molar-refractivity contribution in [1.29, 1.82) is 0 Å². The van der Waals surface area contributed by atoms with Gasteiger partial charge in [-0.25, -0.2) is 9.69 Å². The number of hydrogen-bond donors (Lipinski definition) is 1. The zero-order valence-corrected chi connectivity index (χ0v) is 12.0. The summed E-state index contributed by atoms with van der Waals surface area (Å²) in [6.07, 6.45) is 0.833. The first kappa shape index (κ1) is 13.9. The molecule has 0 saturated carbocycles. The van der Waals surface area contributed by atoms with Gasteiger partial charge in [-0.2, -0.15) is 0 Å². The van der Waals surface area contributed by atoms with Crippen LogP contribution in [0.5, 0.6) is 0 Å². The molecule has 19 heavy (non-hydrogen) atoms. The van der Waals surface area contributed by atoms with Gasteiger partial charge in [-0.15, -0.1) is 0 Å². The molecule has 2 unspecified atom stereocenters. The van der Waals surface area contributed by atoms with Gasteiger partial charge in [-0.05, 0) is 30.5 Å². The van der Waals surface area contributed by atoms with E-state index in [1.807, 2.05) is 20.8 Å². The quantitative estimate of drug-likeness (QED) is 0.865. The van der Waals surface area contributed by atoms with Gasteiger partial charge in [0.25, 0.3) is 5.91 Å². The van der Waals surface area contributed by atoms with Crippen molar-refractivity contribution in [2.75, 3.05) is 4.90 Å². The number of hydrogen-bond acceptors (Lipinski definition) is 2. The average Bonchev–Trinajstić information content (AvgIpc) is 2.68. The van der Waals surface area contributed by atoms with Crippen molar-refractivity contribution in [2.24, 2.45) is 5.92 Å². The maximum Gasteiger partial charge on any atom is 0.329 e. The minimum Gasteiger partial charge on any atom is -0.325 e. The predicted molar refractivity (Wildman–Crippen MR) is 75.4 cm³/mol. The highest BCUT2D eigenvalue weighted by atomic mass is 35.5. The number of carbonyl (C=O) groups is 2. The van der Waals surface area contributed by atoms with Crippen molar-refractivity contribution >= 4 is 29.2 Å². The molecule has 1 N–H and O–H groups in total. The number of benzene rings is 1. The van der Waals surface area contributed by atoms with Gasteiger partial charge >= 0.3 is 6.03 Å². The highest BCUT2D eigenvalue weighted by molar-refractivity contribution is 6.32. The van der Waals surface area contributed by atoms with Crippen molar-refractivity contribution in [3.63, 3.8) is 0 Å². The van der Waals surface area contributed by atoms with Gasteiger partial charge in [0.1, 0.15) is 6.04 Å². The average molecular weight is 281 g/mol. The molecule has 0 aliphatic carbocycles. The topological polar surface area (TPSA) is 49.4 Å². The van der Waals surface area contributed by atoms with Crippen LogP contribution in [0.3, 0.4) is 0 Å². The Morgan fingerprint density at radius 2 is 2.11 bits per heavy atom. The van der Waals surface area contributed by atoms with Gasteiger partial charge in [0, 0.05) is 5.02 Å². The first-order valence-corrected chi connectivity index (χ1v) is 6.74. The fourth-order valence-electron chi connectivity index (χ4n) is 2.09. The number of halogens is 1. The van der Waals surface area contributed by atoms with Crippen LogP contribution in [-0.4, -0.2) is 18.0 Å². The summed E-state index contributed by atoms with van der Waals surface area (Å²) >= 11 is 6.04. The van der Waals surface area contributed by atoms with Crippen LogP contribution in [0.2, 0.25) is 5.02 Å². The maximum absolute atomic E-state index is 12.3. The number of urea groups is 1. The maximum atomic E-state index is 12.3. The van der Waals surface area contributed by atoms with Crippen LogP contribution in [0.4, 0.5) is 10.5 Å². The second-order valence-corrected chi connectivity index (χ2v) is 5.33. The van der Waals surface area contributed by atoms with E-state index in [2.05, 4.69) is 5.32 Å². The number of aryl methyl sites for hydroxylation is 1. The standard InChI is InChI=1S/C14H17ClN2O2/c1-4-8(2)12-13(18)17(14(19)16-12)10-6-5-9(3)11(15)7-10/h5-8,12H,4H2,1-3H3,(H,16,19). The third-order valence-corrected chi connectivity index (χ3v) is 4.00. The van der Waals surface area contributed by atoms with E-state index in [9.17, 15) is 9.59 Å². The lowest BCUT2D eigenvalue weighted by Crippen LogP contribution is -2.35. The zero-order valence-electron chi connectivity index (χ0n) is 11.2. The van der Waals surface area contributed by atoms with Crippen molar-refractivity contribution in [2.45, 2.75) is 33.2 Å². The van der Waals surface area contributed by atoms with Crippen molar-refractivity contribution < 1.29 is 9.59 Å². The van der Waals surface area contributed by atoms with Gasteiger partial charge in [0.2, 0.25) is 0 Å². The number of nitrogens with zero attached hydrogens (tertiary/aromatic N) is 1. The SMILES string of the molecule is CCC(C)C1NC(=O)N(c2ccc(C)c(Cl)c2)C1=O. The van der Waals surface area contributed by atoms with E-state index in [0.717, 1.165) is 12.0 Å². The van der Waals surface area contributed by atoms with Gasteiger partial charge in [-0.3, -0.25) is 4.79 Å². The fraction of sp³-hybridized carbons (Fsp3) is 0.429. The molecule has 1 aliphatic rings. The van der Waals surface area contributed by atoms with Crippen LogP contribution in [0.1, 0.15) is 25.8 Å². The van der Waals surface area contributed by atoms with Crippen molar-refractivity contribution in [3.05, 3.63) is 28.8 Å². The van der Waals surface area contributed by atoms with Crippen LogP contribution in [0.25, 0.3) is 0 Å². The molecule has 5 heteroatoms. The Labute approximate surface area is 117 Å². The Balaban J connectivity index is 2.32. The van der Waals surface area contributed by atoms with Crippen molar-refractivity contribution in [3.8, 4) is 0 Å². The number of amides is 3. The van der Waals surface area contributed by atoms with E-state index in [4.69, 9.17) is 11.6 Å². The monoisotopic (exact) mass is 280 g/mol. The molecule has 0 bridgehead atoms. The molecule has 0 spiro atoms. The lowest BCUT2D eigenvalue weighted by molar-refractivity contribution is -0.119. The summed E-state index contributed by atoms with van der Waals surface area (Å²) in [6.45, 7) is 5.82. The lowest BCUT2D eigenvalue weighted by atomic mass is 9.99. The van der Waals surface area contributed by atoms with Gasteiger partial charge in [0.15, 0.2) is 0 Å². The number of carbonyl (C=O) groups excluding carboxylic acids is 2. The smallest absolute Gasteiger partial charge is 0.325 e. The molecule has 1 aromatic rings. The molecule has 1 heterocycles. The first-order chi connectivity index (χ1) is 8.95. The Hall–Kier alpha value is -1.55. The Morgan fingerprint density at radius 3 is 2.68 bits per heavy atom. The van der Waals surface area contributed by atoms with Crippen LogP contribution in [-0.2, 0) is 4.79 Å². The second-order valence-electron chi connectivity index (χ2n) is 4.92. The minimum atomic E-state index is -0.447. The second kappa shape index (κ2) is 5.21. The molecule has 1 saturated heterocycles. The molecule has 3 amide bonds. The molecule has 102 valence electrons. The van der Waals surface area contributed by atoms with Crippen LogP contribution >= 0.6 is 11.6 Å². The molecular weight excluding hydrogens is 264 g/mol. The molecule has 0 aromatic heterocycles. The summed E-state index contributed by atoms with van der Waals surface area (Å²) in [5.41, 5.74) is 1.43. The van der Waals surface area contributed by atoms with Crippen LogP contribution in [0, 0.1) is 12.8 Å². The van der Waals surface area contributed by atoms with Gasteiger partial charge in [-0.1, -0.05) is 37.9 Å². The van der Waals surface area contributed by atoms with E-state index in [-0.39, 0.29) is 17.9 Å². The number of rotatable bonds is 3. The zero-order chi connectivity index (χ0) is 14.2. The Morgan fingerprint density at radius 1 is 1.42 bits per heavy atom. The van der Waals surface area contributed by atoms with Gasteiger partial charge in [0.05, 0.1) is 5.69 Å². The summed E-state index contributed by atoms with van der Waals surface area (Å²) in [5, 5.41) is 3.28. The number of nitrogens with one attached hydrogen (secondary N) is 1. The summed E-state index contributed by atoms with van der Waals surface area (Å²) in [6, 6.07) is 4.35. The van der Waals surface area contributed by atoms with E-state index >= 15 is 0 Å². The summed E-state index contributed by atoms with van der Waals surface area (Å²) in [4.78, 5) is 25.4. The molecular formula is C14H17ClN2O2. The minimum absolute atomic E-state index is 0.113. The Bertz CT molecular complexity index is 530. The molecule has 1 aromatic carbocycles. The third-order valence-electron chi connectivity index (χ3n) is 3.60. The predicted octanol–water partition coefficient (Wildman–Crippen LogP) is 3.12. The summed E-state index contributed by atoms with van der Waals surface area (Å²) in [5.74, 6) is -0.0957. The van der Waals surface area contributed by atoms with E-state index in [1.54, 1.807) is 18.2 Å². The molecule has 1 fully saturated rings. The van der Waals surface area contributed by atoms with Crippen LogP contribution in [0.15, 0.2) is 18.2 Å². The Kier molecular flexibility index (Phi) is 3.80. The normalized spacial score (nSPS) is 20.6. The largest absolute Gasteiger partial charge is 0.329 e. The molecule has 2 rings (SSSR count). The van der Waals surface area contributed by atoms with Gasteiger partial charge < -0.3 is 5.32 Å². The molecule has 4 nitrogen and oxygen atoms in total. The van der Waals surface area contributed by atoms with E-state index in [0.29, 0.717) is 10.7 Å².